The summed E-state index contributed by atoms with van der Waals surface area (Å²) in [6, 6.07) is 9.09. The average molecular weight is 281 g/mol. The highest BCUT2D eigenvalue weighted by Gasteiger charge is 2.48. The predicted molar refractivity (Wildman–Crippen MR) is 79.6 cm³/mol. The van der Waals surface area contributed by atoms with Crippen LogP contribution in [0.2, 0.25) is 0 Å². The van der Waals surface area contributed by atoms with Gasteiger partial charge in [0.05, 0.1) is 6.07 Å². The molecule has 1 aromatic carbocycles. The van der Waals surface area contributed by atoms with Crippen molar-refractivity contribution in [2.45, 2.75) is 19.8 Å². The van der Waals surface area contributed by atoms with Crippen LogP contribution in [0.4, 0.5) is 5.69 Å². The first-order valence-corrected chi connectivity index (χ1v) is 6.88. The molecule has 21 heavy (non-hydrogen) atoms. The molecular weight excluding hydrogens is 266 g/mol. The summed E-state index contributed by atoms with van der Waals surface area (Å²) in [6.07, 6.45) is 2.76. The van der Waals surface area contributed by atoms with Gasteiger partial charge in [-0.05, 0) is 42.3 Å². The Labute approximate surface area is 121 Å². The summed E-state index contributed by atoms with van der Waals surface area (Å²) in [6.45, 7) is 2.03. The lowest BCUT2D eigenvalue weighted by Crippen LogP contribution is -2.45. The van der Waals surface area contributed by atoms with Crippen molar-refractivity contribution in [3.05, 3.63) is 40.8 Å². The first-order chi connectivity index (χ1) is 10.0. The number of H-pyrrole nitrogens is 1. The molecule has 0 bridgehead atoms. The minimum absolute atomic E-state index is 0.198. The van der Waals surface area contributed by atoms with E-state index in [4.69, 9.17) is 0 Å². The largest absolute Gasteiger partial charge is 0.329 e. The molecule has 0 atom stereocenters. The number of anilines is 1. The van der Waals surface area contributed by atoms with Gasteiger partial charge in [0, 0.05) is 17.3 Å². The number of pyridine rings is 1. The summed E-state index contributed by atoms with van der Waals surface area (Å²) in [4.78, 5) is 26.7. The summed E-state index contributed by atoms with van der Waals surface area (Å²) >= 11 is 0. The Kier molecular flexibility index (Phi) is 3.02. The van der Waals surface area contributed by atoms with Crippen LogP contribution in [0, 0.1) is 22.7 Å². The molecule has 1 saturated carbocycles. The molecule has 5 nitrogen and oxygen atoms in total. The van der Waals surface area contributed by atoms with Crippen LogP contribution >= 0.6 is 0 Å². The number of hydrogen-bond acceptors (Lipinski definition) is 3. The molecule has 1 aliphatic rings. The highest BCUT2D eigenvalue weighted by molar-refractivity contribution is 5.99. The van der Waals surface area contributed by atoms with Crippen LogP contribution in [0.3, 0.4) is 0 Å². The zero-order chi connectivity index (χ0) is 15.0. The van der Waals surface area contributed by atoms with Crippen LogP contribution in [-0.2, 0) is 4.79 Å². The van der Waals surface area contributed by atoms with Gasteiger partial charge in [0.15, 0.2) is 0 Å². The van der Waals surface area contributed by atoms with Crippen molar-refractivity contribution in [3.8, 4) is 6.07 Å². The number of aromatic amines is 1. The fourth-order valence-corrected chi connectivity index (χ4v) is 2.97. The molecule has 5 heteroatoms. The number of fused-ring (bicyclic) bond motifs is 1. The highest BCUT2D eigenvalue weighted by Crippen LogP contribution is 2.45. The number of rotatable bonds is 2. The topological polar surface area (TPSA) is 85.8 Å². The second-order valence-electron chi connectivity index (χ2n) is 5.77. The van der Waals surface area contributed by atoms with E-state index in [-0.39, 0.29) is 11.5 Å². The normalized spacial score (nSPS) is 24.1. The van der Waals surface area contributed by atoms with Crippen LogP contribution in [0.5, 0.6) is 0 Å². The van der Waals surface area contributed by atoms with Gasteiger partial charge in [-0.3, -0.25) is 9.59 Å². The van der Waals surface area contributed by atoms with Gasteiger partial charge < -0.3 is 10.3 Å². The molecule has 0 radical (unpaired) electrons. The number of carbonyl (C=O) groups excluding carboxylic acids is 1. The summed E-state index contributed by atoms with van der Waals surface area (Å²) in [7, 11) is 0. The average Bonchev–Trinajstić information content (AvgIpc) is 2.44. The first kappa shape index (κ1) is 13.4. The molecule has 2 N–H and O–H groups in total. The number of amides is 1. The number of aromatic nitrogens is 1. The van der Waals surface area contributed by atoms with E-state index in [2.05, 4.69) is 16.4 Å². The molecule has 0 spiro atoms. The van der Waals surface area contributed by atoms with Crippen LogP contribution in [-0.4, -0.2) is 10.9 Å². The summed E-state index contributed by atoms with van der Waals surface area (Å²) in [5, 5.41) is 13.3. The molecule has 1 aromatic heterocycles. The second kappa shape index (κ2) is 4.74. The Balaban J connectivity index is 1.89. The van der Waals surface area contributed by atoms with E-state index in [1.165, 1.54) is 0 Å². The molecule has 106 valence electrons. The number of nitriles is 1. The Morgan fingerprint density at radius 1 is 1.43 bits per heavy atom. The molecule has 1 aliphatic carbocycles. The maximum absolute atomic E-state index is 12.3. The number of nitrogens with one attached hydrogen (secondary N) is 2. The molecule has 2 aromatic rings. The minimum Gasteiger partial charge on any atom is -0.329 e. The van der Waals surface area contributed by atoms with Gasteiger partial charge in [-0.15, -0.1) is 0 Å². The van der Waals surface area contributed by atoms with Crippen molar-refractivity contribution >= 4 is 22.4 Å². The van der Waals surface area contributed by atoms with Gasteiger partial charge in [-0.25, -0.2) is 0 Å². The van der Waals surface area contributed by atoms with E-state index in [1.54, 1.807) is 30.5 Å². The summed E-state index contributed by atoms with van der Waals surface area (Å²) in [5.74, 6) is 0.115. The summed E-state index contributed by atoms with van der Waals surface area (Å²) in [5.41, 5.74) is -0.577. The van der Waals surface area contributed by atoms with Crippen molar-refractivity contribution in [2.75, 3.05) is 5.32 Å². The summed E-state index contributed by atoms with van der Waals surface area (Å²) < 4.78 is 0. The van der Waals surface area contributed by atoms with Crippen molar-refractivity contribution in [3.63, 3.8) is 0 Å². The lowest BCUT2D eigenvalue weighted by Gasteiger charge is -2.39. The van der Waals surface area contributed by atoms with E-state index < -0.39 is 5.41 Å². The van der Waals surface area contributed by atoms with Gasteiger partial charge in [0.2, 0.25) is 5.91 Å². The molecule has 3 rings (SSSR count). The number of hydrogen-bond donors (Lipinski definition) is 2. The monoisotopic (exact) mass is 281 g/mol. The van der Waals surface area contributed by atoms with E-state index in [1.807, 2.05) is 6.92 Å². The number of carbonyl (C=O) groups is 1. The third-order valence-corrected chi connectivity index (χ3v) is 4.08. The van der Waals surface area contributed by atoms with Crippen LogP contribution in [0.1, 0.15) is 19.8 Å². The standard InChI is InChI=1S/C16H15N3O2/c1-10-7-16(8-10,9-17)15(21)19-12-3-2-11-4-5-18-14(20)13(11)6-12/h2-6,10H,7-8H2,1H3,(H,18,20)(H,19,21). The van der Waals surface area contributed by atoms with Gasteiger partial charge in [0.1, 0.15) is 5.41 Å². The zero-order valence-corrected chi connectivity index (χ0v) is 11.6. The van der Waals surface area contributed by atoms with Crippen LogP contribution in [0.25, 0.3) is 10.8 Å². The zero-order valence-electron chi connectivity index (χ0n) is 11.6. The molecule has 1 heterocycles. The molecular formula is C16H15N3O2. The van der Waals surface area contributed by atoms with Gasteiger partial charge >= 0.3 is 0 Å². The second-order valence-corrected chi connectivity index (χ2v) is 5.77. The SMILES string of the molecule is CC1CC(C#N)(C(=O)Nc2ccc3cc[nH]c(=O)c3c2)C1. The van der Waals surface area contributed by atoms with Crippen molar-refractivity contribution in [2.24, 2.45) is 11.3 Å². The first-order valence-electron chi connectivity index (χ1n) is 6.88. The van der Waals surface area contributed by atoms with Crippen molar-refractivity contribution in [1.82, 2.24) is 4.98 Å². The van der Waals surface area contributed by atoms with E-state index in [0.29, 0.717) is 29.8 Å². The van der Waals surface area contributed by atoms with Crippen LogP contribution in [0.15, 0.2) is 35.3 Å². The van der Waals surface area contributed by atoms with Crippen molar-refractivity contribution < 1.29 is 4.79 Å². The Hall–Kier alpha value is -2.61. The third-order valence-electron chi connectivity index (χ3n) is 4.08. The van der Waals surface area contributed by atoms with Crippen LogP contribution < -0.4 is 10.9 Å². The van der Waals surface area contributed by atoms with Gasteiger partial charge in [-0.2, -0.15) is 5.26 Å². The number of benzene rings is 1. The lowest BCUT2D eigenvalue weighted by atomic mass is 9.63. The lowest BCUT2D eigenvalue weighted by molar-refractivity contribution is -0.128. The fourth-order valence-electron chi connectivity index (χ4n) is 2.97. The smallest absolute Gasteiger partial charge is 0.255 e. The molecule has 0 aliphatic heterocycles. The van der Waals surface area contributed by atoms with E-state index in [0.717, 1.165) is 5.39 Å². The highest BCUT2D eigenvalue weighted by atomic mass is 16.2. The van der Waals surface area contributed by atoms with Gasteiger partial charge in [-0.1, -0.05) is 13.0 Å². The maximum Gasteiger partial charge on any atom is 0.255 e. The molecule has 0 saturated heterocycles. The number of nitrogens with zero attached hydrogens (tertiary/aromatic N) is 1. The van der Waals surface area contributed by atoms with Crippen molar-refractivity contribution in [1.29, 1.82) is 5.26 Å². The predicted octanol–water partition coefficient (Wildman–Crippen LogP) is 2.41. The Bertz CT molecular complexity index is 810. The maximum atomic E-state index is 12.3. The third kappa shape index (κ3) is 2.19. The van der Waals surface area contributed by atoms with E-state index >= 15 is 0 Å². The fraction of sp³-hybridized carbons (Fsp3) is 0.312. The molecule has 1 fully saturated rings. The molecule has 1 amide bonds. The Morgan fingerprint density at radius 2 is 2.19 bits per heavy atom. The van der Waals surface area contributed by atoms with E-state index in [9.17, 15) is 14.9 Å². The quantitative estimate of drug-likeness (QED) is 0.886. The molecule has 0 unspecified atom stereocenters. The minimum atomic E-state index is -0.919. The Morgan fingerprint density at radius 3 is 2.86 bits per heavy atom. The van der Waals surface area contributed by atoms with Gasteiger partial charge in [0.25, 0.3) is 5.56 Å².